The van der Waals surface area contributed by atoms with Gasteiger partial charge in [0, 0.05) is 19.6 Å². The Bertz CT molecular complexity index is 619. The molecule has 1 N–H and O–H groups in total. The van der Waals surface area contributed by atoms with Gasteiger partial charge in [0.1, 0.15) is 5.52 Å². The molecule has 0 radical (unpaired) electrons. The fraction of sp³-hybridized carbons (Fsp3) is 0.692. The molecule has 0 aliphatic rings. The van der Waals surface area contributed by atoms with E-state index in [-0.39, 0.29) is 0 Å². The second-order valence-electron chi connectivity index (χ2n) is 5.37. The molecule has 0 aromatic carbocycles. The Morgan fingerprint density at radius 3 is 2.68 bits per heavy atom. The first kappa shape index (κ1) is 14.3. The summed E-state index contributed by atoms with van der Waals surface area (Å²) in [4.78, 5) is 5.52. The summed E-state index contributed by atoms with van der Waals surface area (Å²) in [5.41, 5.74) is 3.31. The molecule has 6 heteroatoms. The van der Waals surface area contributed by atoms with Crippen LogP contribution >= 0.6 is 12.2 Å². The third-order valence-corrected chi connectivity index (χ3v) is 3.96. The largest absolute Gasteiger partial charge is 0.328 e. The fourth-order valence-corrected chi connectivity index (χ4v) is 2.55. The number of imidazole rings is 1. The minimum Gasteiger partial charge on any atom is -0.328 e. The number of nitrogens with zero attached hydrogens (tertiary/aromatic N) is 4. The Morgan fingerprint density at radius 2 is 2.11 bits per heavy atom. The molecular weight excluding hydrogens is 258 g/mol. The van der Waals surface area contributed by atoms with Crippen LogP contribution in [0.4, 0.5) is 0 Å². The zero-order valence-electron chi connectivity index (χ0n) is 12.4. The molecule has 0 bridgehead atoms. The van der Waals surface area contributed by atoms with E-state index in [9.17, 15) is 0 Å². The normalized spacial score (nSPS) is 13.6. The highest BCUT2D eigenvalue weighted by atomic mass is 32.1. The maximum Gasteiger partial charge on any atom is 0.179 e. The van der Waals surface area contributed by atoms with Crippen LogP contribution < -0.4 is 0 Å². The molecule has 0 amide bonds. The van der Waals surface area contributed by atoms with Crippen LogP contribution in [0.1, 0.15) is 26.0 Å². The van der Waals surface area contributed by atoms with Crippen LogP contribution in [-0.4, -0.2) is 44.4 Å². The first-order valence-electron chi connectivity index (χ1n) is 6.76. The Kier molecular flexibility index (Phi) is 4.10. The highest BCUT2D eigenvalue weighted by Gasteiger charge is 2.16. The Morgan fingerprint density at radius 1 is 1.42 bits per heavy atom. The van der Waals surface area contributed by atoms with Crippen LogP contribution in [0.15, 0.2) is 0 Å². The van der Waals surface area contributed by atoms with Gasteiger partial charge in [-0.25, -0.2) is 0 Å². The van der Waals surface area contributed by atoms with Gasteiger partial charge in [-0.2, -0.15) is 5.10 Å². The molecule has 2 heterocycles. The predicted molar refractivity (Wildman–Crippen MR) is 81.0 cm³/mol. The quantitative estimate of drug-likeness (QED) is 0.855. The molecule has 0 aliphatic heterocycles. The van der Waals surface area contributed by atoms with Gasteiger partial charge in [-0.15, -0.1) is 0 Å². The van der Waals surface area contributed by atoms with Crippen LogP contribution in [0, 0.1) is 4.77 Å². The van der Waals surface area contributed by atoms with Crippen molar-refractivity contribution in [2.45, 2.75) is 39.3 Å². The van der Waals surface area contributed by atoms with E-state index in [4.69, 9.17) is 12.2 Å². The fourth-order valence-electron chi connectivity index (χ4n) is 2.29. The van der Waals surface area contributed by atoms with E-state index in [0.717, 1.165) is 41.0 Å². The van der Waals surface area contributed by atoms with E-state index in [0.29, 0.717) is 6.04 Å². The number of H-pyrrole nitrogens is 1. The Labute approximate surface area is 119 Å². The monoisotopic (exact) mass is 281 g/mol. The van der Waals surface area contributed by atoms with Gasteiger partial charge in [0.05, 0.1) is 5.69 Å². The molecule has 2 aromatic rings. The van der Waals surface area contributed by atoms with Crippen LogP contribution in [-0.2, 0) is 20.0 Å². The number of rotatable bonds is 5. The Balaban J connectivity index is 2.50. The van der Waals surface area contributed by atoms with Crippen molar-refractivity contribution in [3.63, 3.8) is 0 Å². The van der Waals surface area contributed by atoms with Gasteiger partial charge >= 0.3 is 0 Å². The third-order valence-electron chi connectivity index (χ3n) is 3.64. The summed E-state index contributed by atoms with van der Waals surface area (Å²) in [6, 6.07) is 0.426. The van der Waals surface area contributed by atoms with Gasteiger partial charge in [0.15, 0.2) is 10.4 Å². The molecule has 0 saturated carbocycles. The number of likely N-dealkylation sites (N-methyl/N-ethyl adjacent to an activating group) is 1. The predicted octanol–water partition coefficient (Wildman–Crippen LogP) is 2.33. The molecule has 0 spiro atoms. The van der Waals surface area contributed by atoms with Crippen molar-refractivity contribution in [1.29, 1.82) is 0 Å². The summed E-state index contributed by atoms with van der Waals surface area (Å²) < 4.78 is 4.88. The average Bonchev–Trinajstić information content (AvgIpc) is 2.80. The lowest BCUT2D eigenvalue weighted by molar-refractivity contribution is 0.284. The smallest absolute Gasteiger partial charge is 0.179 e. The number of aromatic nitrogens is 4. The molecule has 0 saturated heterocycles. The lowest BCUT2D eigenvalue weighted by Gasteiger charge is -2.20. The van der Waals surface area contributed by atoms with Gasteiger partial charge in [0.25, 0.3) is 0 Å². The minimum atomic E-state index is 0.426. The second kappa shape index (κ2) is 5.46. The average molecular weight is 281 g/mol. The van der Waals surface area contributed by atoms with Crippen LogP contribution in [0.5, 0.6) is 0 Å². The molecule has 2 rings (SSSR count). The summed E-state index contributed by atoms with van der Waals surface area (Å²) in [5, 5.41) is 4.60. The highest BCUT2D eigenvalue weighted by Crippen LogP contribution is 2.19. The Hall–Kier alpha value is -1.14. The van der Waals surface area contributed by atoms with Gasteiger partial charge in [-0.3, -0.25) is 4.68 Å². The van der Waals surface area contributed by atoms with Gasteiger partial charge < -0.3 is 14.5 Å². The SMILES string of the molecule is CCCc1nn(C)c2c1[nH]c(=S)n2CC(C)N(C)C. The van der Waals surface area contributed by atoms with E-state index >= 15 is 0 Å². The van der Waals surface area contributed by atoms with E-state index in [1.165, 1.54) is 0 Å². The number of aryl methyl sites for hydroxylation is 2. The lowest BCUT2D eigenvalue weighted by atomic mass is 10.2. The van der Waals surface area contributed by atoms with Crippen molar-refractivity contribution in [2.75, 3.05) is 14.1 Å². The van der Waals surface area contributed by atoms with E-state index < -0.39 is 0 Å². The van der Waals surface area contributed by atoms with Gasteiger partial charge in [-0.1, -0.05) is 13.3 Å². The van der Waals surface area contributed by atoms with Gasteiger partial charge in [0.2, 0.25) is 0 Å². The van der Waals surface area contributed by atoms with Crippen molar-refractivity contribution < 1.29 is 0 Å². The molecule has 106 valence electrons. The van der Waals surface area contributed by atoms with Crippen LogP contribution in [0.2, 0.25) is 0 Å². The standard InChI is InChI=1S/C13H23N5S/c1-6-7-10-11-12(17(5)15-10)18(13(19)14-11)8-9(2)16(3)4/h9H,6-8H2,1-5H3,(H,14,19). The van der Waals surface area contributed by atoms with Crippen molar-refractivity contribution in [2.24, 2.45) is 7.05 Å². The molecule has 19 heavy (non-hydrogen) atoms. The maximum atomic E-state index is 5.46. The van der Waals surface area contributed by atoms with Gasteiger partial charge in [-0.05, 0) is 39.7 Å². The number of nitrogens with one attached hydrogen (secondary N) is 1. The second-order valence-corrected chi connectivity index (χ2v) is 5.76. The van der Waals surface area contributed by atoms with Crippen molar-refractivity contribution >= 4 is 23.4 Å². The molecule has 1 unspecified atom stereocenters. The first-order valence-corrected chi connectivity index (χ1v) is 7.17. The maximum absolute atomic E-state index is 5.46. The molecule has 0 aliphatic carbocycles. The highest BCUT2D eigenvalue weighted by molar-refractivity contribution is 7.71. The first-order chi connectivity index (χ1) is 8.95. The summed E-state index contributed by atoms with van der Waals surface area (Å²) >= 11 is 5.46. The molecule has 1 atom stereocenters. The van der Waals surface area contributed by atoms with E-state index in [1.54, 1.807) is 0 Å². The molecule has 2 aromatic heterocycles. The summed E-state index contributed by atoms with van der Waals surface area (Å²) in [5.74, 6) is 0. The molecule has 5 nitrogen and oxygen atoms in total. The topological polar surface area (TPSA) is 41.8 Å². The number of hydrogen-bond donors (Lipinski definition) is 1. The molecule has 0 fully saturated rings. The zero-order chi connectivity index (χ0) is 14.2. The van der Waals surface area contributed by atoms with Crippen molar-refractivity contribution in [3.8, 4) is 0 Å². The minimum absolute atomic E-state index is 0.426. The zero-order valence-corrected chi connectivity index (χ0v) is 13.2. The lowest BCUT2D eigenvalue weighted by Crippen LogP contribution is -2.29. The number of aromatic amines is 1. The summed E-state index contributed by atoms with van der Waals surface area (Å²) in [7, 11) is 6.16. The van der Waals surface area contributed by atoms with Crippen molar-refractivity contribution in [3.05, 3.63) is 10.5 Å². The number of hydrogen-bond acceptors (Lipinski definition) is 3. The van der Waals surface area contributed by atoms with Crippen molar-refractivity contribution in [1.82, 2.24) is 24.2 Å². The summed E-state index contributed by atoms with van der Waals surface area (Å²) in [6.45, 7) is 5.24. The van der Waals surface area contributed by atoms with E-state index in [1.807, 2.05) is 11.7 Å². The third kappa shape index (κ3) is 2.60. The van der Waals surface area contributed by atoms with E-state index in [2.05, 4.69) is 47.5 Å². The van der Waals surface area contributed by atoms with Crippen LogP contribution in [0.25, 0.3) is 11.2 Å². The number of fused-ring (bicyclic) bond motifs is 1. The molecular formula is C13H23N5S. The summed E-state index contributed by atoms with van der Waals surface area (Å²) in [6.07, 6.45) is 2.07. The van der Waals surface area contributed by atoms with Crippen LogP contribution in [0.3, 0.4) is 0 Å².